The van der Waals surface area contributed by atoms with Crippen molar-refractivity contribution in [2.75, 3.05) is 17.1 Å². The smallest absolute Gasteiger partial charge is 0.244 e. The fraction of sp³-hybridized carbons (Fsp3) is 0.462. The first-order chi connectivity index (χ1) is 15.6. The third-order valence-corrected chi connectivity index (χ3v) is 6.79. The number of nitrogens with zero attached hydrogens (tertiary/aromatic N) is 2. The first-order valence-electron chi connectivity index (χ1n) is 11.3. The minimum atomic E-state index is -3.75. The summed E-state index contributed by atoms with van der Waals surface area (Å²) in [7, 11) is -3.75. The SMILES string of the molecule is Cc1ccc(CN(C(=O)CN(c2cccc(C)c2C)S(C)(=O)=O)[C@@H](C)C(=O)NC(C)(C)C)cc1. The molecule has 34 heavy (non-hydrogen) atoms. The first-order valence-corrected chi connectivity index (χ1v) is 13.2. The van der Waals surface area contributed by atoms with Gasteiger partial charge in [-0.2, -0.15) is 0 Å². The van der Waals surface area contributed by atoms with Crippen LogP contribution in [0.2, 0.25) is 0 Å². The number of carbonyl (C=O) groups excluding carboxylic acids is 2. The van der Waals surface area contributed by atoms with Crippen molar-refractivity contribution in [2.24, 2.45) is 0 Å². The highest BCUT2D eigenvalue weighted by Gasteiger charge is 2.31. The van der Waals surface area contributed by atoms with Gasteiger partial charge >= 0.3 is 0 Å². The minimum Gasteiger partial charge on any atom is -0.350 e. The normalized spacial score (nSPS) is 12.7. The second-order valence-corrected chi connectivity index (χ2v) is 11.8. The van der Waals surface area contributed by atoms with Gasteiger partial charge in [-0.05, 0) is 71.2 Å². The van der Waals surface area contributed by atoms with Crippen molar-refractivity contribution in [1.82, 2.24) is 10.2 Å². The maximum atomic E-state index is 13.6. The zero-order chi connectivity index (χ0) is 25.8. The van der Waals surface area contributed by atoms with Crippen LogP contribution in [0, 0.1) is 20.8 Å². The summed E-state index contributed by atoms with van der Waals surface area (Å²) in [5, 5.41) is 2.92. The van der Waals surface area contributed by atoms with Crippen LogP contribution in [0.4, 0.5) is 5.69 Å². The number of benzene rings is 2. The summed E-state index contributed by atoms with van der Waals surface area (Å²) in [6.45, 7) is 12.8. The van der Waals surface area contributed by atoms with E-state index in [0.29, 0.717) is 5.69 Å². The largest absolute Gasteiger partial charge is 0.350 e. The molecule has 186 valence electrons. The molecular formula is C26H37N3O4S. The number of anilines is 1. The van der Waals surface area contributed by atoms with Gasteiger partial charge in [0.05, 0.1) is 11.9 Å². The molecule has 0 unspecified atom stereocenters. The van der Waals surface area contributed by atoms with Gasteiger partial charge in [-0.3, -0.25) is 13.9 Å². The molecule has 0 heterocycles. The summed E-state index contributed by atoms with van der Waals surface area (Å²) < 4.78 is 26.6. The van der Waals surface area contributed by atoms with Gasteiger partial charge in [0.2, 0.25) is 21.8 Å². The number of hydrogen-bond donors (Lipinski definition) is 1. The minimum absolute atomic E-state index is 0.183. The monoisotopic (exact) mass is 487 g/mol. The van der Waals surface area contributed by atoms with Gasteiger partial charge in [0, 0.05) is 12.1 Å². The third kappa shape index (κ3) is 7.32. The topological polar surface area (TPSA) is 86.8 Å². The summed E-state index contributed by atoms with van der Waals surface area (Å²) in [6, 6.07) is 12.2. The van der Waals surface area contributed by atoms with E-state index >= 15 is 0 Å². The van der Waals surface area contributed by atoms with Crippen LogP contribution in [0.3, 0.4) is 0 Å². The molecule has 2 rings (SSSR count). The highest BCUT2D eigenvalue weighted by molar-refractivity contribution is 7.92. The van der Waals surface area contributed by atoms with E-state index in [1.807, 2.05) is 71.9 Å². The molecule has 0 bridgehead atoms. The van der Waals surface area contributed by atoms with E-state index in [9.17, 15) is 18.0 Å². The Hall–Kier alpha value is -2.87. The zero-order valence-corrected chi connectivity index (χ0v) is 22.3. The highest BCUT2D eigenvalue weighted by Crippen LogP contribution is 2.25. The fourth-order valence-electron chi connectivity index (χ4n) is 3.55. The summed E-state index contributed by atoms with van der Waals surface area (Å²) in [5.74, 6) is -0.755. The molecule has 0 fully saturated rings. The van der Waals surface area contributed by atoms with Crippen molar-refractivity contribution >= 4 is 27.5 Å². The molecule has 2 aromatic carbocycles. The number of nitrogens with one attached hydrogen (secondary N) is 1. The summed E-state index contributed by atoms with van der Waals surface area (Å²) in [6.07, 6.45) is 1.09. The summed E-state index contributed by atoms with van der Waals surface area (Å²) >= 11 is 0. The van der Waals surface area contributed by atoms with Gasteiger partial charge in [0.25, 0.3) is 0 Å². The van der Waals surface area contributed by atoms with Crippen LogP contribution in [0.5, 0.6) is 0 Å². The Balaban J connectivity index is 2.44. The molecule has 2 amide bonds. The van der Waals surface area contributed by atoms with Crippen molar-refractivity contribution in [2.45, 2.75) is 66.6 Å². The Kier molecular flexibility index (Phi) is 8.53. The molecular weight excluding hydrogens is 450 g/mol. The van der Waals surface area contributed by atoms with E-state index in [2.05, 4.69) is 5.32 Å². The summed E-state index contributed by atoms with van der Waals surface area (Å²) in [5.41, 5.74) is 3.63. The van der Waals surface area contributed by atoms with Crippen LogP contribution >= 0.6 is 0 Å². The van der Waals surface area contributed by atoms with Crippen molar-refractivity contribution < 1.29 is 18.0 Å². The van der Waals surface area contributed by atoms with Crippen LogP contribution in [0.15, 0.2) is 42.5 Å². The average Bonchev–Trinajstić information content (AvgIpc) is 2.71. The Morgan fingerprint density at radius 3 is 2.12 bits per heavy atom. The summed E-state index contributed by atoms with van der Waals surface area (Å²) in [4.78, 5) is 28.0. The lowest BCUT2D eigenvalue weighted by molar-refractivity contribution is -0.140. The molecule has 0 radical (unpaired) electrons. The molecule has 1 atom stereocenters. The molecule has 0 aliphatic rings. The van der Waals surface area contributed by atoms with Crippen molar-refractivity contribution in [3.05, 3.63) is 64.7 Å². The average molecular weight is 488 g/mol. The predicted octanol–water partition coefficient (Wildman–Crippen LogP) is 3.71. The van der Waals surface area contributed by atoms with Crippen LogP contribution in [-0.2, 0) is 26.2 Å². The molecule has 0 saturated carbocycles. The number of aryl methyl sites for hydroxylation is 2. The lowest BCUT2D eigenvalue weighted by Gasteiger charge is -2.33. The maximum absolute atomic E-state index is 13.6. The molecule has 0 saturated heterocycles. The Labute approximate surface area is 204 Å². The molecule has 0 aliphatic heterocycles. The van der Waals surface area contributed by atoms with Gasteiger partial charge < -0.3 is 10.2 Å². The van der Waals surface area contributed by atoms with E-state index in [1.54, 1.807) is 19.1 Å². The van der Waals surface area contributed by atoms with Gasteiger partial charge in [-0.1, -0.05) is 42.0 Å². The Morgan fingerprint density at radius 1 is 1.00 bits per heavy atom. The number of amides is 2. The second kappa shape index (κ2) is 10.6. The van der Waals surface area contributed by atoms with E-state index in [4.69, 9.17) is 0 Å². The fourth-order valence-corrected chi connectivity index (χ4v) is 4.45. The second-order valence-electron chi connectivity index (χ2n) is 9.91. The van der Waals surface area contributed by atoms with Crippen molar-refractivity contribution in [1.29, 1.82) is 0 Å². The molecule has 7 nitrogen and oxygen atoms in total. The van der Waals surface area contributed by atoms with Crippen LogP contribution in [0.1, 0.15) is 49.9 Å². The van der Waals surface area contributed by atoms with E-state index in [0.717, 1.165) is 32.8 Å². The van der Waals surface area contributed by atoms with Crippen LogP contribution < -0.4 is 9.62 Å². The predicted molar refractivity (Wildman–Crippen MR) is 137 cm³/mol. The van der Waals surface area contributed by atoms with Gasteiger partial charge in [-0.15, -0.1) is 0 Å². The maximum Gasteiger partial charge on any atom is 0.244 e. The van der Waals surface area contributed by atoms with Crippen LogP contribution in [-0.4, -0.2) is 49.5 Å². The van der Waals surface area contributed by atoms with Crippen molar-refractivity contribution in [3.63, 3.8) is 0 Å². The highest BCUT2D eigenvalue weighted by atomic mass is 32.2. The third-order valence-electron chi connectivity index (χ3n) is 5.66. The lowest BCUT2D eigenvalue weighted by Crippen LogP contribution is -2.54. The number of rotatable bonds is 8. The molecule has 8 heteroatoms. The lowest BCUT2D eigenvalue weighted by atomic mass is 10.1. The van der Waals surface area contributed by atoms with Gasteiger partial charge in [0.15, 0.2) is 0 Å². The Morgan fingerprint density at radius 2 is 1.59 bits per heavy atom. The van der Waals surface area contributed by atoms with E-state index in [-0.39, 0.29) is 12.5 Å². The van der Waals surface area contributed by atoms with Crippen molar-refractivity contribution in [3.8, 4) is 0 Å². The first kappa shape index (κ1) is 27.4. The van der Waals surface area contributed by atoms with E-state index in [1.165, 1.54) is 4.90 Å². The molecule has 2 aromatic rings. The Bertz CT molecular complexity index is 1140. The zero-order valence-electron chi connectivity index (χ0n) is 21.5. The molecule has 0 spiro atoms. The van der Waals surface area contributed by atoms with Gasteiger partial charge in [0.1, 0.15) is 12.6 Å². The van der Waals surface area contributed by atoms with Crippen LogP contribution in [0.25, 0.3) is 0 Å². The molecule has 0 aliphatic carbocycles. The number of sulfonamides is 1. The molecule has 1 N–H and O–H groups in total. The standard InChI is InChI=1S/C26H37N3O4S/c1-18-12-14-22(15-13-18)16-28(21(4)25(31)27-26(5,6)7)24(30)17-29(34(8,32)33)23-11-9-10-19(2)20(23)3/h9-15,21H,16-17H2,1-8H3,(H,27,31)/t21-/m0/s1. The van der Waals surface area contributed by atoms with E-state index < -0.39 is 34.1 Å². The quantitative estimate of drug-likeness (QED) is 0.615. The number of hydrogen-bond acceptors (Lipinski definition) is 4. The number of carbonyl (C=O) groups is 2. The van der Waals surface area contributed by atoms with Gasteiger partial charge in [-0.25, -0.2) is 8.42 Å². The molecule has 0 aromatic heterocycles.